The van der Waals surface area contributed by atoms with Crippen LogP contribution in [0, 0.1) is 0 Å². The molecule has 0 amide bonds. The molecule has 0 bridgehead atoms. The van der Waals surface area contributed by atoms with E-state index in [-0.39, 0.29) is 42.9 Å². The highest BCUT2D eigenvalue weighted by atomic mass is 32.2. The smallest absolute Gasteiger partial charge is 0.241 e. The predicted octanol–water partition coefficient (Wildman–Crippen LogP) is -0.476. The molecule has 1 aliphatic heterocycles. The minimum Gasteiger partial charge on any atom is -0.383 e. The van der Waals surface area contributed by atoms with Crippen molar-refractivity contribution in [3.8, 4) is 11.1 Å². The van der Waals surface area contributed by atoms with Crippen molar-refractivity contribution in [2.45, 2.75) is 17.5 Å². The molecule has 1 aromatic heterocycles. The summed E-state index contributed by atoms with van der Waals surface area (Å²) in [6.45, 7) is 0.195. The van der Waals surface area contributed by atoms with Crippen molar-refractivity contribution in [1.82, 2.24) is 9.71 Å². The third-order valence-electron chi connectivity index (χ3n) is 4.46. The fraction of sp³-hybridized carbons (Fsp3) is 0.294. The van der Waals surface area contributed by atoms with Gasteiger partial charge in [-0.3, -0.25) is 0 Å². The van der Waals surface area contributed by atoms with Crippen LogP contribution in [0.4, 0.5) is 5.82 Å². The zero-order valence-corrected chi connectivity index (χ0v) is 16.4. The van der Waals surface area contributed by atoms with Crippen molar-refractivity contribution < 1.29 is 8.42 Å². The number of hydrogen-bond donors (Lipinski definition) is 5. The molecule has 154 valence electrons. The highest BCUT2D eigenvalue weighted by molar-refractivity contribution is 7.89. The van der Waals surface area contributed by atoms with Gasteiger partial charge in [-0.15, -0.1) is 5.11 Å². The molecule has 0 atom stereocenters. The number of nitrogens with zero attached hydrogens (tertiary/aromatic N) is 4. The lowest BCUT2D eigenvalue weighted by Crippen LogP contribution is -2.45. The third-order valence-corrected chi connectivity index (χ3v) is 6.06. The van der Waals surface area contributed by atoms with Crippen LogP contribution in [0.15, 0.2) is 50.6 Å². The van der Waals surface area contributed by atoms with E-state index in [0.717, 1.165) is 0 Å². The second kappa shape index (κ2) is 8.71. The maximum Gasteiger partial charge on any atom is 0.241 e. The van der Waals surface area contributed by atoms with Gasteiger partial charge in [-0.25, -0.2) is 23.1 Å². The van der Waals surface area contributed by atoms with E-state index < -0.39 is 16.1 Å². The number of nitrogens with two attached hydrogens (primary N) is 4. The van der Waals surface area contributed by atoms with Crippen molar-refractivity contribution in [3.63, 3.8) is 0 Å². The van der Waals surface area contributed by atoms with Crippen molar-refractivity contribution >= 4 is 21.7 Å². The zero-order valence-electron chi connectivity index (χ0n) is 15.6. The van der Waals surface area contributed by atoms with Gasteiger partial charge in [0, 0.05) is 43.0 Å². The Balaban J connectivity index is 2.25. The molecule has 0 fully saturated rings. The second-order valence-electron chi connectivity index (χ2n) is 6.26. The third kappa shape index (κ3) is 4.16. The maximum atomic E-state index is 13.0. The quantitative estimate of drug-likeness (QED) is 0.381. The number of benzene rings is 1. The van der Waals surface area contributed by atoms with Gasteiger partial charge in [-0.2, -0.15) is 5.11 Å². The lowest BCUT2D eigenvalue weighted by atomic mass is 9.94. The molecular weight excluding hydrogens is 394 g/mol. The van der Waals surface area contributed by atoms with Crippen LogP contribution in [-0.2, 0) is 16.6 Å². The number of rotatable bonds is 8. The van der Waals surface area contributed by atoms with Gasteiger partial charge in [0.15, 0.2) is 12.5 Å². The van der Waals surface area contributed by atoms with Gasteiger partial charge in [0.1, 0.15) is 5.82 Å². The molecule has 0 spiro atoms. The molecule has 3 rings (SSSR count). The standard InChI is InChI=1S/C17H23N9O2S/c18-6-10(7-19)26-29(27,28)14-4-3-11(12-2-1-5-22-16(12)21)15(13(14)8-20)17-23-9-24-25-17/h1-5,10,26H,6-9,18-20H2,(H2,21,22). The summed E-state index contributed by atoms with van der Waals surface area (Å²) in [6, 6.07) is 6.00. The van der Waals surface area contributed by atoms with Crippen molar-refractivity contribution in [3.05, 3.63) is 41.6 Å². The Kier molecular flexibility index (Phi) is 6.30. The summed E-state index contributed by atoms with van der Waals surface area (Å²) in [5.74, 6) is 0.572. The molecular formula is C17H23N9O2S. The molecule has 29 heavy (non-hydrogen) atoms. The summed E-state index contributed by atoms with van der Waals surface area (Å²) in [5.41, 5.74) is 25.2. The van der Waals surface area contributed by atoms with E-state index >= 15 is 0 Å². The topological polar surface area (TPSA) is 200 Å². The first-order valence-corrected chi connectivity index (χ1v) is 10.3. The molecule has 0 aliphatic carbocycles. The van der Waals surface area contributed by atoms with Crippen LogP contribution in [0.5, 0.6) is 0 Å². The van der Waals surface area contributed by atoms with E-state index in [9.17, 15) is 8.42 Å². The highest BCUT2D eigenvalue weighted by Crippen LogP contribution is 2.34. The Hall–Kier alpha value is -2.77. The van der Waals surface area contributed by atoms with E-state index in [1.807, 2.05) is 0 Å². The number of amidine groups is 1. The molecule has 2 aromatic rings. The Morgan fingerprint density at radius 1 is 1.10 bits per heavy atom. The van der Waals surface area contributed by atoms with E-state index in [0.29, 0.717) is 22.3 Å². The first-order valence-electron chi connectivity index (χ1n) is 8.84. The summed E-state index contributed by atoms with van der Waals surface area (Å²) in [7, 11) is -3.95. The first-order chi connectivity index (χ1) is 13.9. The van der Waals surface area contributed by atoms with Gasteiger partial charge in [-0.05, 0) is 29.3 Å². The number of hydrogen-bond acceptors (Lipinski definition) is 10. The van der Waals surface area contributed by atoms with Gasteiger partial charge in [0.2, 0.25) is 10.0 Å². The lowest BCUT2D eigenvalue weighted by molar-refractivity contribution is 0.551. The molecule has 0 saturated carbocycles. The van der Waals surface area contributed by atoms with Gasteiger partial charge >= 0.3 is 0 Å². The van der Waals surface area contributed by atoms with Crippen molar-refractivity contribution in [1.29, 1.82) is 0 Å². The maximum absolute atomic E-state index is 13.0. The van der Waals surface area contributed by atoms with E-state index in [4.69, 9.17) is 22.9 Å². The molecule has 2 heterocycles. The molecule has 0 radical (unpaired) electrons. The predicted molar refractivity (Wildman–Crippen MR) is 110 cm³/mol. The monoisotopic (exact) mass is 417 g/mol. The van der Waals surface area contributed by atoms with Crippen LogP contribution in [-0.4, -0.2) is 45.0 Å². The minimum absolute atomic E-state index is 0.00193. The molecule has 1 aliphatic rings. The van der Waals surface area contributed by atoms with Crippen LogP contribution < -0.4 is 27.7 Å². The number of nitrogens with one attached hydrogen (secondary N) is 1. The highest BCUT2D eigenvalue weighted by Gasteiger charge is 2.28. The normalized spacial score (nSPS) is 13.9. The van der Waals surface area contributed by atoms with E-state index in [1.54, 1.807) is 24.4 Å². The van der Waals surface area contributed by atoms with E-state index in [2.05, 4.69) is 24.9 Å². The molecule has 9 N–H and O–H groups in total. The average Bonchev–Trinajstić information content (AvgIpc) is 3.25. The van der Waals surface area contributed by atoms with Gasteiger partial charge in [0.05, 0.1) is 4.90 Å². The van der Waals surface area contributed by atoms with Crippen LogP contribution in [0.2, 0.25) is 0 Å². The fourth-order valence-corrected chi connectivity index (χ4v) is 4.56. The lowest BCUT2D eigenvalue weighted by Gasteiger charge is -2.20. The minimum atomic E-state index is -3.95. The number of sulfonamides is 1. The van der Waals surface area contributed by atoms with Crippen LogP contribution in [0.1, 0.15) is 11.1 Å². The number of nitrogen functional groups attached to an aromatic ring is 1. The Labute approximate surface area is 168 Å². The number of pyridine rings is 1. The molecule has 11 nitrogen and oxygen atoms in total. The molecule has 12 heteroatoms. The Morgan fingerprint density at radius 3 is 2.45 bits per heavy atom. The van der Waals surface area contributed by atoms with Gasteiger partial charge in [0.25, 0.3) is 0 Å². The zero-order chi connectivity index (χ0) is 21.0. The number of azo groups is 1. The fourth-order valence-electron chi connectivity index (χ4n) is 3.04. The van der Waals surface area contributed by atoms with Gasteiger partial charge < -0.3 is 22.9 Å². The molecule has 0 saturated heterocycles. The number of anilines is 1. The van der Waals surface area contributed by atoms with Crippen LogP contribution in [0.3, 0.4) is 0 Å². The van der Waals surface area contributed by atoms with Crippen LogP contribution in [0.25, 0.3) is 11.1 Å². The van der Waals surface area contributed by atoms with Crippen molar-refractivity contribution in [2.24, 2.45) is 32.4 Å². The summed E-state index contributed by atoms with van der Waals surface area (Å²) < 4.78 is 28.5. The average molecular weight is 417 g/mol. The van der Waals surface area contributed by atoms with Gasteiger partial charge in [-0.1, -0.05) is 6.07 Å². The van der Waals surface area contributed by atoms with Crippen LogP contribution >= 0.6 is 0 Å². The van der Waals surface area contributed by atoms with E-state index in [1.165, 1.54) is 6.07 Å². The Morgan fingerprint density at radius 2 is 1.86 bits per heavy atom. The number of aromatic nitrogens is 1. The first kappa shape index (κ1) is 21.0. The van der Waals surface area contributed by atoms with Crippen molar-refractivity contribution in [2.75, 3.05) is 25.5 Å². The Bertz CT molecular complexity index is 1060. The largest absolute Gasteiger partial charge is 0.383 e. The second-order valence-corrected chi connectivity index (χ2v) is 7.94. The summed E-state index contributed by atoms with van der Waals surface area (Å²) >= 11 is 0. The SMILES string of the molecule is NCc1c(S(=O)(=O)NC(CN)CN)ccc(-c2cccnc2N)c1C1=NCN=N1. The molecule has 1 aromatic carbocycles. The summed E-state index contributed by atoms with van der Waals surface area (Å²) in [4.78, 5) is 8.36. The molecule has 0 unspecified atom stereocenters. The summed E-state index contributed by atoms with van der Waals surface area (Å²) in [6.07, 6.45) is 1.57. The number of aliphatic imine (C=N–C) groups is 1. The summed E-state index contributed by atoms with van der Waals surface area (Å²) in [5, 5.41) is 7.93.